The highest BCUT2D eigenvalue weighted by Crippen LogP contribution is 1.95. The van der Waals surface area contributed by atoms with Gasteiger partial charge in [-0.25, -0.2) is 4.79 Å². The fourth-order valence-corrected chi connectivity index (χ4v) is 0.614. The zero-order valence-corrected chi connectivity index (χ0v) is 7.16. The monoisotopic (exact) mass is 158 g/mol. The molecule has 0 amide bonds. The molecule has 0 fully saturated rings. The normalized spacial score (nSPS) is 13.0. The molecular weight excluding hydrogens is 144 g/mol. The van der Waals surface area contributed by atoms with Gasteiger partial charge in [-0.2, -0.15) is 0 Å². The molecule has 0 aromatic carbocycles. The highest BCUT2D eigenvalue weighted by molar-refractivity contribution is 5.60. The fourth-order valence-electron chi connectivity index (χ4n) is 0.614. The molecule has 0 heterocycles. The molecular formula is C8H14O3. The first-order valence-electron chi connectivity index (χ1n) is 3.67. The second-order valence-electron chi connectivity index (χ2n) is 2.03. The molecule has 11 heavy (non-hydrogen) atoms. The topological polar surface area (TPSA) is 35.5 Å². The highest BCUT2D eigenvalue weighted by atomic mass is 16.7. The lowest BCUT2D eigenvalue weighted by molar-refractivity contribution is 0.0454. The smallest absolute Gasteiger partial charge is 0.435 e. The van der Waals surface area contributed by atoms with Gasteiger partial charge in [-0.05, 0) is 26.8 Å². The van der Waals surface area contributed by atoms with Gasteiger partial charge in [-0.1, -0.05) is 6.08 Å². The Morgan fingerprint density at radius 3 is 2.73 bits per heavy atom. The molecule has 0 spiro atoms. The highest BCUT2D eigenvalue weighted by Gasteiger charge is 2.05. The molecule has 0 saturated heterocycles. The van der Waals surface area contributed by atoms with E-state index in [0.29, 0.717) is 6.61 Å². The lowest BCUT2D eigenvalue weighted by Gasteiger charge is -2.07. The summed E-state index contributed by atoms with van der Waals surface area (Å²) in [7, 11) is 0. The Hall–Kier alpha value is -0.990. The maximum atomic E-state index is 10.6. The average molecular weight is 158 g/mol. The van der Waals surface area contributed by atoms with Crippen molar-refractivity contribution in [3.8, 4) is 0 Å². The largest absolute Gasteiger partial charge is 0.508 e. The Morgan fingerprint density at radius 2 is 2.27 bits per heavy atom. The van der Waals surface area contributed by atoms with E-state index in [0.717, 1.165) is 0 Å². The van der Waals surface area contributed by atoms with Crippen molar-refractivity contribution in [3.63, 3.8) is 0 Å². The summed E-state index contributed by atoms with van der Waals surface area (Å²) >= 11 is 0. The quantitative estimate of drug-likeness (QED) is 0.466. The third-order valence-corrected chi connectivity index (χ3v) is 1.01. The van der Waals surface area contributed by atoms with Crippen LogP contribution < -0.4 is 0 Å². The lowest BCUT2D eigenvalue weighted by atomic mass is 10.4. The number of hydrogen-bond acceptors (Lipinski definition) is 3. The van der Waals surface area contributed by atoms with Crippen molar-refractivity contribution in [1.29, 1.82) is 0 Å². The summed E-state index contributed by atoms with van der Waals surface area (Å²) in [5.74, 6) is 0. The molecule has 1 atom stereocenters. The van der Waals surface area contributed by atoms with Crippen LogP contribution >= 0.6 is 0 Å². The van der Waals surface area contributed by atoms with Crippen molar-refractivity contribution >= 4 is 6.16 Å². The number of carbonyl (C=O) groups excluding carboxylic acids is 1. The zero-order valence-electron chi connectivity index (χ0n) is 7.16. The van der Waals surface area contributed by atoms with Gasteiger partial charge >= 0.3 is 6.16 Å². The van der Waals surface area contributed by atoms with Crippen LogP contribution in [0.2, 0.25) is 0 Å². The van der Waals surface area contributed by atoms with Crippen molar-refractivity contribution in [2.24, 2.45) is 0 Å². The lowest BCUT2D eigenvalue weighted by Crippen LogP contribution is -2.13. The summed E-state index contributed by atoms with van der Waals surface area (Å²) in [4.78, 5) is 10.6. The average Bonchev–Trinajstić information content (AvgIpc) is 1.87. The molecule has 1 unspecified atom stereocenters. The van der Waals surface area contributed by atoms with E-state index in [4.69, 9.17) is 4.74 Å². The molecule has 0 aromatic rings. The fraction of sp³-hybridized carbons (Fsp3) is 0.625. The number of carbonyl (C=O) groups is 1. The molecule has 0 N–H and O–H groups in total. The van der Waals surface area contributed by atoms with Gasteiger partial charge in [0.2, 0.25) is 0 Å². The van der Waals surface area contributed by atoms with E-state index in [9.17, 15) is 4.79 Å². The minimum absolute atomic E-state index is 0.209. The Morgan fingerprint density at radius 1 is 1.64 bits per heavy atom. The molecule has 0 bridgehead atoms. The van der Waals surface area contributed by atoms with Gasteiger partial charge in [0.05, 0.1) is 6.61 Å². The van der Waals surface area contributed by atoms with Crippen molar-refractivity contribution in [2.75, 3.05) is 6.61 Å². The van der Waals surface area contributed by atoms with Gasteiger partial charge in [-0.3, -0.25) is 0 Å². The van der Waals surface area contributed by atoms with E-state index in [1.54, 1.807) is 19.9 Å². The minimum Gasteiger partial charge on any atom is -0.435 e. The standard InChI is InChI=1S/C8H14O3/c1-4-6-7(3)11-8(9)10-5-2/h4,6-7H,5H2,1-3H3. The molecule has 3 nitrogen and oxygen atoms in total. The molecule has 0 saturated carbocycles. The predicted octanol–water partition coefficient (Wildman–Crippen LogP) is 2.12. The molecule has 0 aliphatic heterocycles. The summed E-state index contributed by atoms with van der Waals surface area (Å²) in [5.41, 5.74) is 0. The number of ether oxygens (including phenoxy) is 2. The van der Waals surface area contributed by atoms with Crippen LogP contribution in [0.15, 0.2) is 12.2 Å². The van der Waals surface area contributed by atoms with Crippen LogP contribution in [-0.4, -0.2) is 18.9 Å². The summed E-state index contributed by atoms with van der Waals surface area (Å²) in [6.45, 7) is 5.73. The molecule has 0 radical (unpaired) electrons. The van der Waals surface area contributed by atoms with Gasteiger partial charge in [-0.15, -0.1) is 0 Å². The maximum absolute atomic E-state index is 10.6. The summed E-state index contributed by atoms with van der Waals surface area (Å²) in [5, 5.41) is 0. The second kappa shape index (κ2) is 5.77. The third-order valence-electron chi connectivity index (χ3n) is 1.01. The van der Waals surface area contributed by atoms with Gasteiger partial charge in [0.15, 0.2) is 0 Å². The Bertz CT molecular complexity index is 140. The first kappa shape index (κ1) is 10.0. The summed E-state index contributed by atoms with van der Waals surface area (Å²) in [6.07, 6.45) is 2.78. The minimum atomic E-state index is -0.613. The summed E-state index contributed by atoms with van der Waals surface area (Å²) in [6, 6.07) is 0. The van der Waals surface area contributed by atoms with E-state index in [1.807, 2.05) is 13.0 Å². The molecule has 0 aliphatic carbocycles. The van der Waals surface area contributed by atoms with Crippen LogP contribution in [0.5, 0.6) is 0 Å². The van der Waals surface area contributed by atoms with Gasteiger partial charge in [0.25, 0.3) is 0 Å². The molecule has 0 rings (SSSR count). The van der Waals surface area contributed by atoms with Gasteiger partial charge in [0, 0.05) is 0 Å². The number of allylic oxidation sites excluding steroid dienone is 1. The molecule has 3 heteroatoms. The Labute approximate surface area is 67.0 Å². The van der Waals surface area contributed by atoms with Crippen molar-refractivity contribution in [2.45, 2.75) is 26.9 Å². The number of rotatable bonds is 3. The van der Waals surface area contributed by atoms with Gasteiger partial charge < -0.3 is 9.47 Å². The van der Waals surface area contributed by atoms with Crippen molar-refractivity contribution < 1.29 is 14.3 Å². The van der Waals surface area contributed by atoms with E-state index in [2.05, 4.69) is 4.74 Å². The molecule has 64 valence electrons. The van der Waals surface area contributed by atoms with Gasteiger partial charge in [0.1, 0.15) is 6.10 Å². The van der Waals surface area contributed by atoms with E-state index in [-0.39, 0.29) is 6.10 Å². The predicted molar refractivity (Wildman–Crippen MR) is 42.4 cm³/mol. The zero-order chi connectivity index (χ0) is 8.69. The molecule has 0 aliphatic rings. The van der Waals surface area contributed by atoms with Crippen LogP contribution in [0.1, 0.15) is 20.8 Å². The van der Waals surface area contributed by atoms with Crippen LogP contribution in [-0.2, 0) is 9.47 Å². The van der Waals surface area contributed by atoms with E-state index >= 15 is 0 Å². The first-order chi connectivity index (χ1) is 5.20. The maximum Gasteiger partial charge on any atom is 0.508 e. The van der Waals surface area contributed by atoms with Crippen LogP contribution in [0.25, 0.3) is 0 Å². The van der Waals surface area contributed by atoms with E-state index < -0.39 is 6.16 Å². The Kier molecular flexibility index (Phi) is 5.25. The van der Waals surface area contributed by atoms with Crippen LogP contribution in [0, 0.1) is 0 Å². The van der Waals surface area contributed by atoms with Crippen LogP contribution in [0.4, 0.5) is 4.79 Å². The second-order valence-corrected chi connectivity index (χ2v) is 2.03. The first-order valence-corrected chi connectivity index (χ1v) is 3.67. The summed E-state index contributed by atoms with van der Waals surface area (Å²) < 4.78 is 9.35. The third kappa shape index (κ3) is 5.45. The van der Waals surface area contributed by atoms with Crippen molar-refractivity contribution in [1.82, 2.24) is 0 Å². The number of hydrogen-bond donors (Lipinski definition) is 0. The Balaban J connectivity index is 3.57. The van der Waals surface area contributed by atoms with Crippen LogP contribution in [0.3, 0.4) is 0 Å². The van der Waals surface area contributed by atoms with E-state index in [1.165, 1.54) is 0 Å². The molecule has 0 aromatic heterocycles. The van der Waals surface area contributed by atoms with Crippen molar-refractivity contribution in [3.05, 3.63) is 12.2 Å². The SMILES string of the molecule is CC=CC(C)OC(=O)OCC.